The summed E-state index contributed by atoms with van der Waals surface area (Å²) in [7, 11) is 2.11. The smallest absolute Gasteiger partial charge is 0.423 e. The fourth-order valence-corrected chi connectivity index (χ4v) is 4.62. The van der Waals surface area contributed by atoms with Crippen LogP contribution < -0.4 is 10.5 Å². The maximum absolute atomic E-state index is 12.9. The van der Waals surface area contributed by atoms with Crippen LogP contribution in [0, 0.1) is 0 Å². The zero-order chi connectivity index (χ0) is 29.1. The summed E-state index contributed by atoms with van der Waals surface area (Å²) in [6.45, 7) is 4.65. The van der Waals surface area contributed by atoms with Crippen LogP contribution in [0.2, 0.25) is 5.02 Å². The Kier molecular flexibility index (Phi) is 9.78. The fraction of sp³-hybridized carbons (Fsp3) is 0.276. The van der Waals surface area contributed by atoms with Crippen molar-refractivity contribution in [2.75, 3.05) is 33.2 Å². The maximum atomic E-state index is 12.9. The Hall–Kier alpha value is -3.64. The molecule has 13 heteroatoms. The van der Waals surface area contributed by atoms with Crippen molar-refractivity contribution in [3.63, 3.8) is 0 Å². The van der Waals surface area contributed by atoms with E-state index >= 15 is 0 Å². The van der Waals surface area contributed by atoms with Crippen LogP contribution in [0.3, 0.4) is 0 Å². The molecule has 0 aliphatic carbocycles. The van der Waals surface area contributed by atoms with E-state index in [1.807, 2.05) is 12.1 Å². The lowest BCUT2D eigenvalue weighted by molar-refractivity contribution is -0.137. The first-order valence-electron chi connectivity index (χ1n) is 12.8. The minimum Gasteiger partial charge on any atom is -0.423 e. The molecular formula is C29H27Cl2F3N4O4. The second-order valence-corrected chi connectivity index (χ2v) is 10.3. The third-order valence-electron chi connectivity index (χ3n) is 6.80. The molecule has 1 fully saturated rings. The van der Waals surface area contributed by atoms with Gasteiger partial charge in [0.05, 0.1) is 17.7 Å². The molecule has 8 nitrogen and oxygen atoms in total. The number of alkyl halides is 3. The fourth-order valence-electron chi connectivity index (χ4n) is 4.43. The molecule has 1 aliphatic heterocycles. The molecule has 4 aromatic rings. The van der Waals surface area contributed by atoms with Crippen molar-refractivity contribution in [1.29, 1.82) is 0 Å². The molecule has 1 saturated heterocycles. The third-order valence-corrected chi connectivity index (χ3v) is 7.04. The number of hydrogen-bond acceptors (Lipinski definition) is 7. The van der Waals surface area contributed by atoms with Crippen LogP contribution in [-0.4, -0.2) is 58.8 Å². The SMILES string of the molecule is CN1CCN(Cc2ccc(C(=O)Oc3ccc(Cl)cc3Cn3nc(-c4ccc(C(F)(F)F)cc4)oc3=O)cc2)CC1.Cl. The molecule has 222 valence electrons. The van der Waals surface area contributed by atoms with Gasteiger partial charge in [0.2, 0.25) is 5.89 Å². The topological polar surface area (TPSA) is 80.8 Å². The predicted octanol–water partition coefficient (Wildman–Crippen LogP) is 5.61. The molecule has 0 bridgehead atoms. The quantitative estimate of drug-likeness (QED) is 0.196. The first-order chi connectivity index (χ1) is 19.5. The van der Waals surface area contributed by atoms with Gasteiger partial charge in [0.25, 0.3) is 0 Å². The average Bonchev–Trinajstić information content (AvgIpc) is 3.31. The van der Waals surface area contributed by atoms with E-state index in [1.165, 1.54) is 24.3 Å². The van der Waals surface area contributed by atoms with Gasteiger partial charge in [0, 0.05) is 48.9 Å². The molecule has 0 unspecified atom stereocenters. The zero-order valence-corrected chi connectivity index (χ0v) is 24.0. The first kappa shape index (κ1) is 31.3. The molecule has 0 N–H and O–H groups in total. The van der Waals surface area contributed by atoms with Gasteiger partial charge in [-0.2, -0.15) is 17.9 Å². The van der Waals surface area contributed by atoms with Crippen molar-refractivity contribution in [3.05, 3.63) is 105 Å². The predicted molar refractivity (Wildman–Crippen MR) is 153 cm³/mol. The third kappa shape index (κ3) is 7.60. The van der Waals surface area contributed by atoms with E-state index in [0.717, 1.165) is 55.1 Å². The number of esters is 1. The Balaban J connectivity index is 0.00000405. The minimum atomic E-state index is -4.49. The van der Waals surface area contributed by atoms with Crippen LogP contribution >= 0.6 is 24.0 Å². The van der Waals surface area contributed by atoms with Crippen LogP contribution in [0.15, 0.2) is 75.9 Å². The summed E-state index contributed by atoms with van der Waals surface area (Å²) in [6.07, 6.45) is -4.49. The van der Waals surface area contributed by atoms with Gasteiger partial charge in [-0.1, -0.05) is 23.7 Å². The highest BCUT2D eigenvalue weighted by Gasteiger charge is 2.30. The summed E-state index contributed by atoms with van der Waals surface area (Å²) in [4.78, 5) is 30.1. The Morgan fingerprint density at radius 1 is 0.976 bits per heavy atom. The van der Waals surface area contributed by atoms with E-state index in [2.05, 4.69) is 21.9 Å². The number of aromatic nitrogens is 2. The molecule has 0 radical (unpaired) electrons. The number of halogens is 5. The summed E-state index contributed by atoms with van der Waals surface area (Å²) in [5.41, 5.74) is 1.19. The molecule has 1 aliphatic rings. The van der Waals surface area contributed by atoms with Crippen molar-refractivity contribution >= 4 is 30.0 Å². The van der Waals surface area contributed by atoms with E-state index in [-0.39, 0.29) is 36.2 Å². The van der Waals surface area contributed by atoms with Crippen molar-refractivity contribution in [2.45, 2.75) is 19.3 Å². The van der Waals surface area contributed by atoms with Gasteiger partial charge in [-0.05, 0) is 67.2 Å². The molecule has 1 aromatic heterocycles. The standard InChI is InChI=1S/C29H26ClF3N4O4.ClH/c1-35-12-14-36(15-13-35)17-19-2-4-21(5-3-19)27(38)40-25-11-10-24(30)16-22(25)18-37-28(39)41-26(34-37)20-6-8-23(9-7-20)29(31,32)33;/h2-11,16H,12-15,17-18H2,1H3;1H. The Morgan fingerprint density at radius 3 is 2.29 bits per heavy atom. The molecule has 0 saturated carbocycles. The molecule has 0 amide bonds. The van der Waals surface area contributed by atoms with Crippen molar-refractivity contribution in [1.82, 2.24) is 19.6 Å². The van der Waals surface area contributed by atoms with Crippen molar-refractivity contribution in [2.24, 2.45) is 0 Å². The van der Waals surface area contributed by atoms with Gasteiger partial charge in [-0.25, -0.2) is 9.59 Å². The van der Waals surface area contributed by atoms with Crippen molar-refractivity contribution < 1.29 is 27.1 Å². The van der Waals surface area contributed by atoms with Gasteiger partial charge in [-0.15, -0.1) is 17.5 Å². The maximum Gasteiger partial charge on any atom is 0.437 e. The number of rotatable bonds is 7. The average molecular weight is 623 g/mol. The van der Waals surface area contributed by atoms with Crippen LogP contribution in [-0.2, 0) is 19.3 Å². The summed E-state index contributed by atoms with van der Waals surface area (Å²) in [5, 5.41) is 4.44. The molecule has 0 spiro atoms. The summed E-state index contributed by atoms with van der Waals surface area (Å²) in [5.74, 6) is -1.40. The zero-order valence-electron chi connectivity index (χ0n) is 22.4. The van der Waals surface area contributed by atoms with E-state index in [9.17, 15) is 22.8 Å². The Bertz CT molecular complexity index is 1580. The molecule has 5 rings (SSSR count). The van der Waals surface area contributed by atoms with Gasteiger partial charge in [0.1, 0.15) is 5.75 Å². The summed E-state index contributed by atoms with van der Waals surface area (Å²) in [6, 6.07) is 15.9. The second kappa shape index (κ2) is 13.1. The number of piperazine rings is 1. The lowest BCUT2D eigenvalue weighted by atomic mass is 10.1. The highest BCUT2D eigenvalue weighted by atomic mass is 35.5. The van der Waals surface area contributed by atoms with Crippen molar-refractivity contribution in [3.8, 4) is 17.2 Å². The molecular weight excluding hydrogens is 596 g/mol. The number of hydrogen-bond donors (Lipinski definition) is 0. The van der Waals surface area contributed by atoms with Crippen LogP contribution in [0.5, 0.6) is 5.75 Å². The van der Waals surface area contributed by atoms with Gasteiger partial charge in [-0.3, -0.25) is 4.90 Å². The lowest BCUT2D eigenvalue weighted by Crippen LogP contribution is -2.43. The first-order valence-corrected chi connectivity index (χ1v) is 13.2. The minimum absolute atomic E-state index is 0. The normalized spacial score (nSPS) is 14.4. The van der Waals surface area contributed by atoms with Crippen LogP contribution in [0.1, 0.15) is 27.0 Å². The van der Waals surface area contributed by atoms with E-state index < -0.39 is 23.5 Å². The molecule has 3 aromatic carbocycles. The molecule has 0 atom stereocenters. The molecule has 2 heterocycles. The van der Waals surface area contributed by atoms with E-state index in [1.54, 1.807) is 18.2 Å². The number of benzene rings is 3. The monoisotopic (exact) mass is 622 g/mol. The summed E-state index contributed by atoms with van der Waals surface area (Å²) < 4.78 is 50.4. The van der Waals surface area contributed by atoms with Crippen LogP contribution in [0.4, 0.5) is 13.2 Å². The number of ether oxygens (including phenoxy) is 1. The Morgan fingerprint density at radius 2 is 1.64 bits per heavy atom. The lowest BCUT2D eigenvalue weighted by Gasteiger charge is -2.32. The van der Waals surface area contributed by atoms with Gasteiger partial charge < -0.3 is 14.1 Å². The Labute approximate surface area is 250 Å². The highest BCUT2D eigenvalue weighted by Crippen LogP contribution is 2.31. The molecule has 42 heavy (non-hydrogen) atoms. The van der Waals surface area contributed by atoms with Crippen LogP contribution in [0.25, 0.3) is 11.5 Å². The number of nitrogens with zero attached hydrogens (tertiary/aromatic N) is 4. The van der Waals surface area contributed by atoms with Gasteiger partial charge >= 0.3 is 17.9 Å². The van der Waals surface area contributed by atoms with E-state index in [0.29, 0.717) is 16.1 Å². The highest BCUT2D eigenvalue weighted by molar-refractivity contribution is 6.30. The largest absolute Gasteiger partial charge is 0.437 e. The second-order valence-electron chi connectivity index (χ2n) is 9.82. The van der Waals surface area contributed by atoms with E-state index in [4.69, 9.17) is 20.8 Å². The number of likely N-dealkylation sites (N-methyl/N-ethyl adjacent to an activating group) is 1. The summed E-state index contributed by atoms with van der Waals surface area (Å²) >= 11 is 6.16. The number of carbonyl (C=O) groups is 1. The number of carbonyl (C=O) groups excluding carboxylic acids is 1. The van der Waals surface area contributed by atoms with Gasteiger partial charge in [0.15, 0.2) is 0 Å².